The Kier molecular flexibility index (Phi) is 2.91. The van der Waals surface area contributed by atoms with Crippen molar-refractivity contribution in [3.8, 4) is 0 Å². The Morgan fingerprint density at radius 2 is 1.79 bits per heavy atom. The molecule has 0 spiro atoms. The second-order valence-electron chi connectivity index (χ2n) is 3.81. The van der Waals surface area contributed by atoms with E-state index in [0.717, 1.165) is 21.5 Å². The maximum Gasteiger partial charge on any atom is 0.206 e. The molecule has 0 aliphatic carbocycles. The normalized spacial score (nSPS) is 11.1. The predicted octanol–water partition coefficient (Wildman–Crippen LogP) is 4.61. The molecule has 1 aromatic carbocycles. The van der Waals surface area contributed by atoms with Crippen LogP contribution in [0.3, 0.4) is 0 Å². The Bertz CT molecular complexity index is 760. The summed E-state index contributed by atoms with van der Waals surface area (Å²) in [5.41, 5.74) is -0.451. The summed E-state index contributed by atoms with van der Waals surface area (Å²) in [7, 11) is 0. The van der Waals surface area contributed by atoms with Gasteiger partial charge >= 0.3 is 0 Å². The van der Waals surface area contributed by atoms with Gasteiger partial charge in [0.2, 0.25) is 5.78 Å². The number of carbonyl (C=O) groups excluding carboxylic acids is 1. The molecule has 19 heavy (non-hydrogen) atoms. The monoisotopic (exact) mass is 298 g/mol. The van der Waals surface area contributed by atoms with Gasteiger partial charge in [0, 0.05) is 9.40 Å². The summed E-state index contributed by atoms with van der Waals surface area (Å²) in [4.78, 5) is 12.4. The maximum atomic E-state index is 13.6. The quantitative estimate of drug-likeness (QED) is 0.499. The van der Waals surface area contributed by atoms with Crippen molar-refractivity contribution in [1.82, 2.24) is 0 Å². The minimum Gasteiger partial charge on any atom is -0.288 e. The minimum absolute atomic E-state index is 0.312. The van der Waals surface area contributed by atoms with Crippen LogP contribution in [-0.4, -0.2) is 5.78 Å². The van der Waals surface area contributed by atoms with Crippen molar-refractivity contribution in [2.75, 3.05) is 0 Å². The van der Waals surface area contributed by atoms with Gasteiger partial charge in [-0.2, -0.15) is 0 Å². The summed E-state index contributed by atoms with van der Waals surface area (Å²) in [5, 5.41) is 1.88. The third-order valence-corrected chi connectivity index (χ3v) is 4.74. The number of thiophene rings is 2. The molecule has 2 heterocycles. The number of halogens is 3. The van der Waals surface area contributed by atoms with Crippen LogP contribution in [0.25, 0.3) is 9.40 Å². The molecule has 2 aromatic heterocycles. The summed E-state index contributed by atoms with van der Waals surface area (Å²) >= 11 is 2.66. The molecule has 0 amide bonds. The van der Waals surface area contributed by atoms with Crippen molar-refractivity contribution in [3.63, 3.8) is 0 Å². The molecule has 0 unspecified atom stereocenters. The van der Waals surface area contributed by atoms with Gasteiger partial charge in [-0.25, -0.2) is 13.2 Å². The maximum absolute atomic E-state index is 13.6. The Balaban J connectivity index is 2.09. The number of rotatable bonds is 2. The highest BCUT2D eigenvalue weighted by Gasteiger charge is 2.21. The molecule has 3 rings (SSSR count). The van der Waals surface area contributed by atoms with E-state index in [2.05, 4.69) is 0 Å². The summed E-state index contributed by atoms with van der Waals surface area (Å²) in [6.07, 6.45) is 0. The van der Waals surface area contributed by atoms with Crippen LogP contribution in [0.5, 0.6) is 0 Å². The fourth-order valence-electron chi connectivity index (χ4n) is 1.71. The fraction of sp³-hybridized carbons (Fsp3) is 0. The second kappa shape index (κ2) is 4.47. The van der Waals surface area contributed by atoms with E-state index in [9.17, 15) is 18.0 Å². The van der Waals surface area contributed by atoms with Gasteiger partial charge in [-0.3, -0.25) is 4.79 Å². The Hall–Kier alpha value is -1.66. The lowest BCUT2D eigenvalue weighted by Crippen LogP contribution is -2.05. The van der Waals surface area contributed by atoms with Crippen molar-refractivity contribution < 1.29 is 18.0 Å². The Morgan fingerprint density at radius 1 is 1.00 bits per heavy atom. The van der Waals surface area contributed by atoms with Crippen LogP contribution < -0.4 is 0 Å². The first kappa shape index (κ1) is 12.4. The average molecular weight is 298 g/mol. The molecule has 0 bridgehead atoms. The van der Waals surface area contributed by atoms with Crippen molar-refractivity contribution in [2.45, 2.75) is 0 Å². The highest BCUT2D eigenvalue weighted by molar-refractivity contribution is 7.28. The number of fused-ring (bicyclic) bond motifs is 1. The molecule has 0 aliphatic heterocycles. The number of benzene rings is 1. The minimum atomic E-state index is -1.62. The topological polar surface area (TPSA) is 17.1 Å². The van der Waals surface area contributed by atoms with Gasteiger partial charge in [0.25, 0.3) is 0 Å². The SMILES string of the molecule is O=C(c1cc2sccc2s1)c1ccc(F)c(F)c1F. The first-order chi connectivity index (χ1) is 9.08. The zero-order valence-corrected chi connectivity index (χ0v) is 10.9. The van der Waals surface area contributed by atoms with E-state index in [1.807, 2.05) is 11.4 Å². The second-order valence-corrected chi connectivity index (χ2v) is 5.84. The van der Waals surface area contributed by atoms with Gasteiger partial charge in [-0.1, -0.05) is 0 Å². The average Bonchev–Trinajstić information content (AvgIpc) is 2.96. The number of hydrogen-bond acceptors (Lipinski definition) is 3. The van der Waals surface area contributed by atoms with Crippen LogP contribution in [0.1, 0.15) is 15.2 Å². The molecule has 6 heteroatoms. The Morgan fingerprint density at radius 3 is 2.53 bits per heavy atom. The first-order valence-electron chi connectivity index (χ1n) is 5.23. The van der Waals surface area contributed by atoms with Gasteiger partial charge in [0.1, 0.15) is 0 Å². The molecule has 96 valence electrons. The van der Waals surface area contributed by atoms with Crippen molar-refractivity contribution in [1.29, 1.82) is 0 Å². The van der Waals surface area contributed by atoms with Crippen LogP contribution in [0.2, 0.25) is 0 Å². The number of ketones is 1. The number of hydrogen-bond donors (Lipinski definition) is 0. The van der Waals surface area contributed by atoms with Crippen LogP contribution >= 0.6 is 22.7 Å². The lowest BCUT2D eigenvalue weighted by atomic mass is 10.1. The van der Waals surface area contributed by atoms with Crippen molar-refractivity contribution in [3.05, 3.63) is 57.5 Å². The molecular formula is C13H5F3OS2. The lowest BCUT2D eigenvalue weighted by Gasteiger charge is -2.02. The van der Waals surface area contributed by atoms with Gasteiger partial charge < -0.3 is 0 Å². The molecule has 1 nitrogen and oxygen atoms in total. The van der Waals surface area contributed by atoms with E-state index in [0.29, 0.717) is 4.88 Å². The van der Waals surface area contributed by atoms with Crippen LogP contribution in [-0.2, 0) is 0 Å². The van der Waals surface area contributed by atoms with Gasteiger partial charge in [-0.15, -0.1) is 22.7 Å². The van der Waals surface area contributed by atoms with Crippen LogP contribution in [0.4, 0.5) is 13.2 Å². The zero-order chi connectivity index (χ0) is 13.6. The molecule has 0 N–H and O–H groups in total. The van der Waals surface area contributed by atoms with E-state index in [4.69, 9.17) is 0 Å². The molecule has 0 saturated heterocycles. The van der Waals surface area contributed by atoms with E-state index in [1.165, 1.54) is 22.7 Å². The van der Waals surface area contributed by atoms with Gasteiger partial charge in [0.15, 0.2) is 17.5 Å². The largest absolute Gasteiger partial charge is 0.288 e. The third kappa shape index (κ3) is 1.97. The molecule has 0 fully saturated rings. The fourth-order valence-corrected chi connectivity index (χ4v) is 3.77. The summed E-state index contributed by atoms with van der Waals surface area (Å²) in [5.74, 6) is -5.00. The molecule has 3 aromatic rings. The lowest BCUT2D eigenvalue weighted by molar-refractivity contribution is 0.103. The molecule has 0 radical (unpaired) electrons. The van der Waals surface area contributed by atoms with E-state index in [1.54, 1.807) is 6.07 Å². The molecule has 0 saturated carbocycles. The van der Waals surface area contributed by atoms with E-state index >= 15 is 0 Å². The molecule has 0 aliphatic rings. The van der Waals surface area contributed by atoms with Gasteiger partial charge in [0.05, 0.1) is 10.4 Å². The molecular weight excluding hydrogens is 293 g/mol. The van der Waals surface area contributed by atoms with Crippen LogP contribution in [0.15, 0.2) is 29.6 Å². The number of carbonyl (C=O) groups is 1. The highest BCUT2D eigenvalue weighted by Crippen LogP contribution is 2.32. The predicted molar refractivity (Wildman–Crippen MR) is 69.5 cm³/mol. The van der Waals surface area contributed by atoms with Crippen LogP contribution in [0, 0.1) is 17.5 Å². The Labute approximate surface area is 113 Å². The standard InChI is InChI=1S/C13H5F3OS2/c14-7-2-1-6(11(15)12(7)16)13(17)10-5-9-8(19-10)3-4-18-9/h1-5H. The van der Waals surface area contributed by atoms with Crippen molar-refractivity contribution >= 4 is 37.9 Å². The highest BCUT2D eigenvalue weighted by atomic mass is 32.1. The first-order valence-corrected chi connectivity index (χ1v) is 6.93. The summed E-state index contributed by atoms with van der Waals surface area (Å²) in [6.45, 7) is 0. The third-order valence-electron chi connectivity index (χ3n) is 2.64. The smallest absolute Gasteiger partial charge is 0.206 e. The van der Waals surface area contributed by atoms with E-state index < -0.39 is 28.8 Å². The van der Waals surface area contributed by atoms with Crippen molar-refractivity contribution in [2.24, 2.45) is 0 Å². The summed E-state index contributed by atoms with van der Waals surface area (Å²) in [6, 6.07) is 5.20. The zero-order valence-electron chi connectivity index (χ0n) is 9.25. The van der Waals surface area contributed by atoms with Gasteiger partial charge in [-0.05, 0) is 29.6 Å². The summed E-state index contributed by atoms with van der Waals surface area (Å²) < 4.78 is 41.3. The van der Waals surface area contributed by atoms with E-state index in [-0.39, 0.29) is 0 Å². The molecule has 0 atom stereocenters.